The Bertz CT molecular complexity index is 827. The first-order chi connectivity index (χ1) is 11.2. The first kappa shape index (κ1) is 15.1. The molecule has 1 N–H and O–H groups in total. The highest BCUT2D eigenvalue weighted by molar-refractivity contribution is 6.30. The number of aromatic nitrogens is 2. The lowest BCUT2D eigenvalue weighted by Gasteiger charge is -2.06. The van der Waals surface area contributed by atoms with Crippen LogP contribution in [0.5, 0.6) is 11.6 Å². The molecule has 3 rings (SSSR count). The number of nitrogens with zero attached hydrogens (tertiary/aromatic N) is 3. The first-order valence-corrected chi connectivity index (χ1v) is 7.30. The minimum atomic E-state index is 0.476. The van der Waals surface area contributed by atoms with Crippen LogP contribution in [0.4, 0.5) is 0 Å². The van der Waals surface area contributed by atoms with Crippen LogP contribution < -0.4 is 4.74 Å². The normalized spacial score (nSPS) is 11.0. The Morgan fingerprint density at radius 2 is 1.83 bits per heavy atom. The molecule has 0 radical (unpaired) electrons. The molecule has 6 heteroatoms. The number of benzene rings is 2. The summed E-state index contributed by atoms with van der Waals surface area (Å²) in [4.78, 5) is 0. The molecular formula is C17H14ClN3O2. The molecule has 1 aromatic heterocycles. The molecule has 0 bridgehead atoms. The van der Waals surface area contributed by atoms with E-state index in [0.29, 0.717) is 27.9 Å². The van der Waals surface area contributed by atoms with Gasteiger partial charge in [0.1, 0.15) is 11.4 Å². The average molecular weight is 328 g/mol. The van der Waals surface area contributed by atoms with E-state index in [1.54, 1.807) is 36.0 Å². The Labute approximate surface area is 138 Å². The quantitative estimate of drug-likeness (QED) is 0.440. The van der Waals surface area contributed by atoms with Gasteiger partial charge in [-0.3, -0.25) is 0 Å². The monoisotopic (exact) mass is 327 g/mol. The molecular weight excluding hydrogens is 314 g/mol. The number of aryl methyl sites for hydroxylation is 1. The molecule has 0 aliphatic heterocycles. The van der Waals surface area contributed by atoms with Gasteiger partial charge in [0.2, 0.25) is 5.88 Å². The van der Waals surface area contributed by atoms with Gasteiger partial charge in [-0.1, -0.05) is 47.1 Å². The lowest BCUT2D eigenvalue weighted by Crippen LogP contribution is -1.96. The van der Waals surface area contributed by atoms with Crippen LogP contribution in [0.2, 0.25) is 5.02 Å². The van der Waals surface area contributed by atoms with Gasteiger partial charge in [-0.05, 0) is 24.3 Å². The highest BCUT2D eigenvalue weighted by Crippen LogP contribution is 2.32. The van der Waals surface area contributed by atoms with Crippen molar-refractivity contribution < 1.29 is 9.94 Å². The van der Waals surface area contributed by atoms with Gasteiger partial charge in [-0.25, -0.2) is 4.68 Å². The summed E-state index contributed by atoms with van der Waals surface area (Å²) in [5, 5.41) is 17.2. The van der Waals surface area contributed by atoms with Crippen LogP contribution in [0.1, 0.15) is 5.56 Å². The predicted octanol–water partition coefficient (Wildman–Crippen LogP) is 4.34. The molecule has 3 aromatic rings. The minimum Gasteiger partial charge on any atom is -0.439 e. The number of hydrogen-bond acceptors (Lipinski definition) is 4. The number of ether oxygens (including phenoxy) is 1. The summed E-state index contributed by atoms with van der Waals surface area (Å²) in [6.45, 7) is 0. The molecule has 5 nitrogen and oxygen atoms in total. The third kappa shape index (κ3) is 3.19. The Morgan fingerprint density at radius 1 is 1.13 bits per heavy atom. The zero-order valence-corrected chi connectivity index (χ0v) is 13.1. The lowest BCUT2D eigenvalue weighted by molar-refractivity contribution is 0.321. The van der Waals surface area contributed by atoms with Gasteiger partial charge < -0.3 is 9.94 Å². The first-order valence-electron chi connectivity index (χ1n) is 6.92. The zero-order valence-electron chi connectivity index (χ0n) is 12.3. The second-order valence-corrected chi connectivity index (χ2v) is 5.29. The van der Waals surface area contributed by atoms with E-state index in [0.717, 1.165) is 5.56 Å². The summed E-state index contributed by atoms with van der Waals surface area (Å²) in [5.41, 5.74) is 2.18. The Balaban J connectivity index is 2.06. The van der Waals surface area contributed by atoms with E-state index in [9.17, 15) is 0 Å². The topological polar surface area (TPSA) is 59.6 Å². The van der Waals surface area contributed by atoms with Crippen molar-refractivity contribution in [2.24, 2.45) is 12.2 Å². The average Bonchev–Trinajstić information content (AvgIpc) is 2.87. The van der Waals surface area contributed by atoms with Crippen molar-refractivity contribution in [2.45, 2.75) is 0 Å². The Morgan fingerprint density at radius 3 is 2.48 bits per heavy atom. The third-order valence-electron chi connectivity index (χ3n) is 3.29. The van der Waals surface area contributed by atoms with Crippen molar-refractivity contribution >= 4 is 17.8 Å². The summed E-state index contributed by atoms with van der Waals surface area (Å²) in [5.74, 6) is 1.09. The van der Waals surface area contributed by atoms with Gasteiger partial charge in [-0.2, -0.15) is 5.10 Å². The van der Waals surface area contributed by atoms with Gasteiger partial charge in [0.05, 0.1) is 11.8 Å². The van der Waals surface area contributed by atoms with E-state index in [4.69, 9.17) is 21.5 Å². The highest BCUT2D eigenvalue weighted by atomic mass is 35.5. The standard InChI is InChI=1S/C17H14ClN3O2/c1-21-17(23-14-9-7-13(18)8-10-14)15(11-19-22)16(20-21)12-5-3-2-4-6-12/h2-11,22H,1H3/b19-11+. The summed E-state index contributed by atoms with van der Waals surface area (Å²) < 4.78 is 7.49. The summed E-state index contributed by atoms with van der Waals surface area (Å²) in [6.07, 6.45) is 1.32. The van der Waals surface area contributed by atoms with Gasteiger partial charge in [0.15, 0.2) is 0 Å². The second-order valence-electron chi connectivity index (χ2n) is 4.86. The van der Waals surface area contributed by atoms with Crippen molar-refractivity contribution in [2.75, 3.05) is 0 Å². The van der Waals surface area contributed by atoms with E-state index in [1.165, 1.54) is 6.21 Å². The molecule has 0 fully saturated rings. The highest BCUT2D eigenvalue weighted by Gasteiger charge is 2.18. The molecule has 116 valence electrons. The summed E-state index contributed by atoms with van der Waals surface area (Å²) >= 11 is 5.88. The fraction of sp³-hybridized carbons (Fsp3) is 0.0588. The predicted molar refractivity (Wildman–Crippen MR) is 89.6 cm³/mol. The van der Waals surface area contributed by atoms with Crippen LogP contribution in [0.25, 0.3) is 11.3 Å². The van der Waals surface area contributed by atoms with E-state index in [2.05, 4.69) is 10.3 Å². The molecule has 0 spiro atoms. The van der Waals surface area contributed by atoms with Crippen molar-refractivity contribution in [1.29, 1.82) is 0 Å². The summed E-state index contributed by atoms with van der Waals surface area (Å²) in [6, 6.07) is 16.6. The Kier molecular flexibility index (Phi) is 4.30. The van der Waals surface area contributed by atoms with Gasteiger partial charge >= 0.3 is 0 Å². The molecule has 0 saturated carbocycles. The molecule has 0 atom stereocenters. The molecule has 0 saturated heterocycles. The Hall–Kier alpha value is -2.79. The number of hydrogen-bond donors (Lipinski definition) is 1. The van der Waals surface area contributed by atoms with Crippen molar-refractivity contribution in [1.82, 2.24) is 9.78 Å². The second kappa shape index (κ2) is 6.54. The molecule has 0 unspecified atom stereocenters. The van der Waals surface area contributed by atoms with Crippen LogP contribution in [0.3, 0.4) is 0 Å². The van der Waals surface area contributed by atoms with Crippen LogP contribution in [0.15, 0.2) is 59.8 Å². The van der Waals surface area contributed by atoms with Crippen LogP contribution in [0, 0.1) is 0 Å². The van der Waals surface area contributed by atoms with E-state index < -0.39 is 0 Å². The maximum absolute atomic E-state index is 8.99. The maximum Gasteiger partial charge on any atom is 0.227 e. The smallest absolute Gasteiger partial charge is 0.227 e. The van der Waals surface area contributed by atoms with Crippen LogP contribution >= 0.6 is 11.6 Å². The van der Waals surface area contributed by atoms with Gasteiger partial charge in [0, 0.05) is 17.6 Å². The number of halogens is 1. The van der Waals surface area contributed by atoms with Gasteiger partial charge in [-0.15, -0.1) is 0 Å². The number of rotatable bonds is 4. The minimum absolute atomic E-state index is 0.476. The van der Waals surface area contributed by atoms with Crippen molar-refractivity contribution in [3.05, 3.63) is 65.2 Å². The van der Waals surface area contributed by atoms with E-state index >= 15 is 0 Å². The van der Waals surface area contributed by atoms with E-state index in [1.807, 2.05) is 30.3 Å². The SMILES string of the molecule is Cn1nc(-c2ccccc2)c(/C=N/O)c1Oc1ccc(Cl)cc1. The van der Waals surface area contributed by atoms with Gasteiger partial charge in [0.25, 0.3) is 0 Å². The van der Waals surface area contributed by atoms with E-state index in [-0.39, 0.29) is 0 Å². The zero-order chi connectivity index (χ0) is 16.2. The molecule has 0 amide bonds. The van der Waals surface area contributed by atoms with Crippen LogP contribution in [-0.2, 0) is 7.05 Å². The molecule has 0 aliphatic rings. The summed E-state index contributed by atoms with van der Waals surface area (Å²) in [7, 11) is 1.77. The number of oxime groups is 1. The van der Waals surface area contributed by atoms with Crippen molar-refractivity contribution in [3.63, 3.8) is 0 Å². The third-order valence-corrected chi connectivity index (χ3v) is 3.54. The lowest BCUT2D eigenvalue weighted by atomic mass is 10.1. The molecule has 23 heavy (non-hydrogen) atoms. The molecule has 1 heterocycles. The van der Waals surface area contributed by atoms with Crippen LogP contribution in [-0.4, -0.2) is 21.2 Å². The maximum atomic E-state index is 8.99. The largest absolute Gasteiger partial charge is 0.439 e. The fourth-order valence-corrected chi connectivity index (χ4v) is 2.37. The van der Waals surface area contributed by atoms with Crippen molar-refractivity contribution in [3.8, 4) is 22.9 Å². The fourth-order valence-electron chi connectivity index (χ4n) is 2.24. The molecule has 0 aliphatic carbocycles. The molecule has 2 aromatic carbocycles.